The molecule has 0 bridgehead atoms. The zero-order valence-corrected chi connectivity index (χ0v) is 24.1. The molecule has 1 saturated heterocycles. The number of hydrogen-bond acceptors (Lipinski definition) is 6. The van der Waals surface area contributed by atoms with Crippen LogP contribution in [0.2, 0.25) is 0 Å². The van der Waals surface area contributed by atoms with E-state index in [1.807, 2.05) is 103 Å². The molecule has 44 heavy (non-hydrogen) atoms. The molecular formula is C36H32N2O6. The van der Waals surface area contributed by atoms with E-state index in [9.17, 15) is 15.0 Å². The SMILES string of the molecule is COc1ccc(N2C(=O)C(n3c(O)c(OCc4ccccc4)c(OCc4ccccc4)c3O)C2C=Cc2ccccc2)cc1. The van der Waals surface area contributed by atoms with Crippen LogP contribution in [0.15, 0.2) is 121 Å². The lowest BCUT2D eigenvalue weighted by Crippen LogP contribution is -2.60. The van der Waals surface area contributed by atoms with Crippen molar-refractivity contribution < 1.29 is 29.2 Å². The molecule has 8 nitrogen and oxygen atoms in total. The van der Waals surface area contributed by atoms with Crippen molar-refractivity contribution in [3.8, 4) is 29.0 Å². The van der Waals surface area contributed by atoms with E-state index >= 15 is 0 Å². The monoisotopic (exact) mass is 588 g/mol. The third kappa shape index (κ3) is 5.70. The lowest BCUT2D eigenvalue weighted by Gasteiger charge is -2.46. The number of methoxy groups -OCH3 is 1. The second-order valence-electron chi connectivity index (χ2n) is 10.3. The summed E-state index contributed by atoms with van der Waals surface area (Å²) < 4.78 is 18.6. The molecule has 6 rings (SSSR count). The van der Waals surface area contributed by atoms with Gasteiger partial charge in [-0.25, -0.2) is 0 Å². The first-order valence-corrected chi connectivity index (χ1v) is 14.2. The van der Waals surface area contributed by atoms with Gasteiger partial charge >= 0.3 is 0 Å². The van der Waals surface area contributed by atoms with Crippen LogP contribution < -0.4 is 19.1 Å². The Morgan fingerprint density at radius 3 is 1.70 bits per heavy atom. The highest BCUT2D eigenvalue weighted by Crippen LogP contribution is 2.53. The topological polar surface area (TPSA) is 93.4 Å². The molecule has 0 saturated carbocycles. The van der Waals surface area contributed by atoms with Crippen molar-refractivity contribution in [3.05, 3.63) is 138 Å². The number of β-lactam (4-membered cyclic amide) rings is 1. The van der Waals surface area contributed by atoms with Crippen LogP contribution in [0, 0.1) is 0 Å². The Balaban J connectivity index is 1.38. The normalized spacial score (nSPS) is 16.1. The van der Waals surface area contributed by atoms with Gasteiger partial charge < -0.3 is 29.3 Å². The van der Waals surface area contributed by atoms with Gasteiger partial charge in [0, 0.05) is 5.69 Å². The molecule has 1 aliphatic rings. The van der Waals surface area contributed by atoms with Crippen LogP contribution in [-0.4, -0.2) is 33.8 Å². The van der Waals surface area contributed by atoms with E-state index in [2.05, 4.69) is 0 Å². The average Bonchev–Trinajstić information content (AvgIpc) is 3.30. The molecule has 8 heteroatoms. The standard InChI is InChI=1S/C36H32N2O6/c1-42-29-20-18-28(19-21-29)37-30(22-17-25-11-5-2-6-12-25)31(34(37)39)38-35(40)32(43-23-26-13-7-3-8-14-26)33(36(38)41)44-24-27-15-9-4-10-16-27/h2-22,30-31,40-41H,23-24H2,1H3. The molecule has 222 valence electrons. The molecule has 0 spiro atoms. The van der Waals surface area contributed by atoms with Crippen molar-refractivity contribution in [1.29, 1.82) is 0 Å². The molecule has 2 atom stereocenters. The number of anilines is 1. The highest BCUT2D eigenvalue weighted by Gasteiger charge is 2.51. The fourth-order valence-electron chi connectivity index (χ4n) is 5.27. The van der Waals surface area contributed by atoms with E-state index < -0.39 is 23.8 Å². The molecule has 1 aromatic heterocycles. The van der Waals surface area contributed by atoms with Crippen molar-refractivity contribution in [3.63, 3.8) is 0 Å². The van der Waals surface area contributed by atoms with Gasteiger partial charge in [0.2, 0.25) is 23.3 Å². The van der Waals surface area contributed by atoms with Crippen LogP contribution in [0.3, 0.4) is 0 Å². The summed E-state index contributed by atoms with van der Waals surface area (Å²) in [6.07, 6.45) is 3.80. The Bertz CT molecular complexity index is 1670. The molecule has 2 N–H and O–H groups in total. The number of aromatic hydroxyl groups is 2. The fraction of sp³-hybridized carbons (Fsp3) is 0.139. The third-order valence-electron chi connectivity index (χ3n) is 7.55. The summed E-state index contributed by atoms with van der Waals surface area (Å²) in [6.45, 7) is 0.237. The van der Waals surface area contributed by atoms with Crippen molar-refractivity contribution in [2.45, 2.75) is 25.3 Å². The van der Waals surface area contributed by atoms with Crippen molar-refractivity contribution in [2.75, 3.05) is 12.0 Å². The number of ether oxygens (including phenoxy) is 3. The van der Waals surface area contributed by atoms with E-state index in [1.54, 1.807) is 36.3 Å². The Morgan fingerprint density at radius 1 is 0.705 bits per heavy atom. The molecule has 1 aliphatic heterocycles. The van der Waals surface area contributed by atoms with E-state index in [-0.39, 0.29) is 30.6 Å². The van der Waals surface area contributed by atoms with E-state index in [4.69, 9.17) is 14.2 Å². The zero-order valence-electron chi connectivity index (χ0n) is 24.1. The first kappa shape index (κ1) is 28.5. The minimum absolute atomic E-state index is 0.0382. The van der Waals surface area contributed by atoms with Crippen molar-refractivity contribution in [2.24, 2.45) is 0 Å². The van der Waals surface area contributed by atoms with Crippen molar-refractivity contribution in [1.82, 2.24) is 4.57 Å². The summed E-state index contributed by atoms with van der Waals surface area (Å²) in [4.78, 5) is 15.5. The van der Waals surface area contributed by atoms with Crippen LogP contribution in [0.4, 0.5) is 5.69 Å². The van der Waals surface area contributed by atoms with E-state index in [1.165, 1.54) is 4.57 Å². The number of rotatable bonds is 11. The van der Waals surface area contributed by atoms with Gasteiger partial charge in [-0.3, -0.25) is 9.36 Å². The van der Waals surface area contributed by atoms with Gasteiger partial charge in [0.25, 0.3) is 5.91 Å². The van der Waals surface area contributed by atoms with Gasteiger partial charge in [-0.1, -0.05) is 103 Å². The summed E-state index contributed by atoms with van der Waals surface area (Å²) in [5.41, 5.74) is 3.33. The largest absolute Gasteiger partial charge is 0.497 e. The predicted octanol–water partition coefficient (Wildman–Crippen LogP) is 6.74. The number of hydrogen-bond donors (Lipinski definition) is 2. The third-order valence-corrected chi connectivity index (χ3v) is 7.55. The minimum atomic E-state index is -0.967. The average molecular weight is 589 g/mol. The summed E-state index contributed by atoms with van der Waals surface area (Å²) in [5.74, 6) is -0.523. The lowest BCUT2D eigenvalue weighted by atomic mass is 9.92. The Hall–Kier alpha value is -5.63. The minimum Gasteiger partial charge on any atom is -0.497 e. The van der Waals surface area contributed by atoms with Crippen LogP contribution in [0.1, 0.15) is 22.7 Å². The van der Waals surface area contributed by atoms with Crippen LogP contribution in [0.25, 0.3) is 6.08 Å². The lowest BCUT2D eigenvalue weighted by molar-refractivity contribution is -0.128. The highest BCUT2D eigenvalue weighted by molar-refractivity contribution is 6.05. The summed E-state index contributed by atoms with van der Waals surface area (Å²) in [5, 5.41) is 23.1. The number of nitrogens with zero attached hydrogens (tertiary/aromatic N) is 2. The van der Waals surface area contributed by atoms with Crippen LogP contribution in [0.5, 0.6) is 29.0 Å². The maximum absolute atomic E-state index is 13.9. The molecule has 5 aromatic rings. The Morgan fingerprint density at radius 2 is 1.20 bits per heavy atom. The molecule has 0 radical (unpaired) electrons. The van der Waals surface area contributed by atoms with Gasteiger partial charge in [0.05, 0.1) is 13.2 Å². The van der Waals surface area contributed by atoms with E-state index in [0.29, 0.717) is 11.4 Å². The predicted molar refractivity (Wildman–Crippen MR) is 168 cm³/mol. The second-order valence-corrected chi connectivity index (χ2v) is 10.3. The van der Waals surface area contributed by atoms with Crippen LogP contribution >= 0.6 is 0 Å². The van der Waals surface area contributed by atoms with E-state index in [0.717, 1.165) is 16.7 Å². The molecule has 2 unspecified atom stereocenters. The second kappa shape index (κ2) is 12.7. The molecule has 1 amide bonds. The molecule has 0 aliphatic carbocycles. The number of carbonyl (C=O) groups is 1. The first-order chi connectivity index (χ1) is 21.5. The van der Waals surface area contributed by atoms with Gasteiger partial charge in [-0.15, -0.1) is 0 Å². The summed E-state index contributed by atoms with van der Waals surface area (Å²) in [6, 6.07) is 34.3. The quantitative estimate of drug-likeness (QED) is 0.166. The molecular weight excluding hydrogens is 556 g/mol. The maximum atomic E-state index is 13.9. The van der Waals surface area contributed by atoms with Crippen molar-refractivity contribution >= 4 is 17.7 Å². The number of benzene rings is 4. The van der Waals surface area contributed by atoms with Crippen LogP contribution in [-0.2, 0) is 18.0 Å². The smallest absolute Gasteiger partial charge is 0.253 e. The highest BCUT2D eigenvalue weighted by atomic mass is 16.5. The summed E-state index contributed by atoms with van der Waals surface area (Å²) in [7, 11) is 1.58. The fourth-order valence-corrected chi connectivity index (χ4v) is 5.27. The number of amides is 1. The van der Waals surface area contributed by atoms with Gasteiger partial charge in [0.15, 0.2) is 0 Å². The maximum Gasteiger partial charge on any atom is 0.253 e. The van der Waals surface area contributed by atoms with Gasteiger partial charge in [-0.2, -0.15) is 0 Å². The number of carbonyl (C=O) groups excluding carboxylic acids is 1. The first-order valence-electron chi connectivity index (χ1n) is 14.2. The summed E-state index contributed by atoms with van der Waals surface area (Å²) >= 11 is 0. The number of aromatic nitrogens is 1. The molecule has 1 fully saturated rings. The van der Waals surface area contributed by atoms with Gasteiger partial charge in [0.1, 0.15) is 25.0 Å². The Kier molecular flexibility index (Phi) is 8.23. The Labute approximate surface area is 255 Å². The van der Waals surface area contributed by atoms with Gasteiger partial charge in [-0.05, 0) is 41.0 Å². The molecule has 2 heterocycles. The zero-order chi connectivity index (χ0) is 30.5. The molecule has 4 aromatic carbocycles.